The first kappa shape index (κ1) is 13.5. The van der Waals surface area contributed by atoms with Gasteiger partial charge >= 0.3 is 0 Å². The van der Waals surface area contributed by atoms with Crippen LogP contribution in [0.25, 0.3) is 0 Å². The van der Waals surface area contributed by atoms with Crippen LogP contribution in [0.15, 0.2) is 12.1 Å². The Morgan fingerprint density at radius 1 is 1.16 bits per heavy atom. The smallest absolute Gasteiger partial charge is 0.203 e. The lowest BCUT2D eigenvalue weighted by atomic mass is 9.96. The second kappa shape index (κ2) is 5.81. The Hall–Kier alpha value is -1.93. The van der Waals surface area contributed by atoms with Crippen LogP contribution in [0.3, 0.4) is 0 Å². The predicted molar refractivity (Wildman–Crippen MR) is 68.5 cm³/mol. The summed E-state index contributed by atoms with van der Waals surface area (Å²) >= 11 is 0. The maximum absolute atomic E-state index is 9.13. The minimum Gasteiger partial charge on any atom is -0.493 e. The van der Waals surface area contributed by atoms with Crippen molar-refractivity contribution in [3.05, 3.63) is 17.7 Å². The monoisotopic (exact) mass is 263 g/mol. The van der Waals surface area contributed by atoms with Gasteiger partial charge in [-0.05, 0) is 24.1 Å². The highest BCUT2D eigenvalue weighted by atomic mass is 16.5. The van der Waals surface area contributed by atoms with Crippen molar-refractivity contribution in [3.63, 3.8) is 0 Å². The summed E-state index contributed by atoms with van der Waals surface area (Å²) in [6.07, 6.45) is 0.511. The Labute approximate surface area is 112 Å². The molecule has 1 aromatic rings. The number of hydrogen-bond acceptors (Lipinski definition) is 5. The number of methoxy groups -OCH3 is 3. The zero-order chi connectivity index (χ0) is 13.8. The van der Waals surface area contributed by atoms with Crippen LogP contribution in [-0.4, -0.2) is 27.9 Å². The molecule has 0 amide bonds. The molecule has 0 aromatic heterocycles. The van der Waals surface area contributed by atoms with E-state index in [0.717, 1.165) is 12.0 Å². The molecule has 0 aliphatic carbocycles. The first-order valence-electron chi connectivity index (χ1n) is 6.06. The average Bonchev–Trinajstić information content (AvgIpc) is 2.93. The Morgan fingerprint density at radius 2 is 1.79 bits per heavy atom. The van der Waals surface area contributed by atoms with Gasteiger partial charge in [0.2, 0.25) is 5.75 Å². The number of hydrogen-bond donors (Lipinski definition) is 0. The third-order valence-electron chi connectivity index (χ3n) is 3.27. The zero-order valence-corrected chi connectivity index (χ0v) is 11.3. The minimum absolute atomic E-state index is 0.136. The first-order valence-corrected chi connectivity index (χ1v) is 6.06. The molecule has 1 aliphatic rings. The predicted octanol–water partition coefficient (Wildman–Crippen LogP) is 2.31. The van der Waals surface area contributed by atoms with Crippen LogP contribution in [0.1, 0.15) is 18.1 Å². The van der Waals surface area contributed by atoms with Gasteiger partial charge in [-0.25, -0.2) is 0 Å². The van der Waals surface area contributed by atoms with E-state index in [9.17, 15) is 0 Å². The Bertz CT molecular complexity index is 470. The molecule has 1 heterocycles. The normalized spacial score (nSPS) is 21.8. The average molecular weight is 263 g/mol. The molecule has 2 unspecified atom stereocenters. The molecule has 0 bridgehead atoms. The van der Waals surface area contributed by atoms with E-state index in [2.05, 4.69) is 6.07 Å². The molecule has 0 N–H and O–H groups in total. The standard InChI is InChI=1S/C14H17NO4/c1-16-11-6-10(7-12(17-2)14(11)18-3)13-9(8-15)4-5-19-13/h6-7,9,13H,4-5H2,1-3H3. The summed E-state index contributed by atoms with van der Waals surface area (Å²) < 4.78 is 21.5. The number of nitriles is 1. The van der Waals surface area contributed by atoms with Gasteiger partial charge in [0.1, 0.15) is 0 Å². The lowest BCUT2D eigenvalue weighted by Crippen LogP contribution is -2.07. The van der Waals surface area contributed by atoms with Crippen molar-refractivity contribution in [2.45, 2.75) is 12.5 Å². The summed E-state index contributed by atoms with van der Waals surface area (Å²) in [7, 11) is 4.70. The molecular weight excluding hydrogens is 246 g/mol. The number of benzene rings is 1. The molecule has 1 saturated heterocycles. The highest BCUT2D eigenvalue weighted by Gasteiger charge is 2.31. The molecule has 102 valence electrons. The maximum atomic E-state index is 9.13. The van der Waals surface area contributed by atoms with Crippen LogP contribution in [0, 0.1) is 17.2 Å². The Balaban J connectivity index is 2.44. The summed E-state index contributed by atoms with van der Waals surface area (Å²) in [4.78, 5) is 0. The molecule has 5 nitrogen and oxygen atoms in total. The van der Waals surface area contributed by atoms with E-state index in [0.29, 0.717) is 23.9 Å². The summed E-state index contributed by atoms with van der Waals surface area (Å²) in [5, 5.41) is 9.13. The van der Waals surface area contributed by atoms with Crippen LogP contribution in [0.2, 0.25) is 0 Å². The van der Waals surface area contributed by atoms with E-state index in [1.165, 1.54) is 0 Å². The molecule has 1 fully saturated rings. The van der Waals surface area contributed by atoms with Crippen LogP contribution in [-0.2, 0) is 4.74 Å². The SMILES string of the molecule is COc1cc(C2OCCC2C#N)cc(OC)c1OC. The second-order valence-corrected chi connectivity index (χ2v) is 4.27. The van der Waals surface area contributed by atoms with E-state index in [4.69, 9.17) is 24.2 Å². The Morgan fingerprint density at radius 3 is 2.26 bits per heavy atom. The molecule has 2 atom stereocenters. The maximum Gasteiger partial charge on any atom is 0.203 e. The number of ether oxygens (including phenoxy) is 4. The Kier molecular flexibility index (Phi) is 4.13. The van der Waals surface area contributed by atoms with Gasteiger partial charge in [-0.2, -0.15) is 5.26 Å². The quantitative estimate of drug-likeness (QED) is 0.834. The van der Waals surface area contributed by atoms with E-state index >= 15 is 0 Å². The zero-order valence-electron chi connectivity index (χ0n) is 11.3. The topological polar surface area (TPSA) is 60.7 Å². The van der Waals surface area contributed by atoms with Crippen molar-refractivity contribution in [1.29, 1.82) is 5.26 Å². The molecule has 5 heteroatoms. The van der Waals surface area contributed by atoms with Crippen LogP contribution in [0.5, 0.6) is 17.2 Å². The molecule has 1 aromatic carbocycles. The first-order chi connectivity index (χ1) is 9.24. The van der Waals surface area contributed by atoms with E-state index < -0.39 is 0 Å². The highest BCUT2D eigenvalue weighted by Crippen LogP contribution is 2.43. The summed E-state index contributed by atoms with van der Waals surface area (Å²) in [5.74, 6) is 1.55. The van der Waals surface area contributed by atoms with Crippen LogP contribution >= 0.6 is 0 Å². The lowest BCUT2D eigenvalue weighted by Gasteiger charge is -2.18. The summed E-state index contributed by atoms with van der Waals surface area (Å²) in [6.45, 7) is 0.597. The molecule has 1 aliphatic heterocycles. The molecule has 19 heavy (non-hydrogen) atoms. The van der Waals surface area contributed by atoms with Crippen molar-refractivity contribution in [3.8, 4) is 23.3 Å². The lowest BCUT2D eigenvalue weighted by molar-refractivity contribution is 0.100. The van der Waals surface area contributed by atoms with Gasteiger partial charge in [-0.3, -0.25) is 0 Å². The third-order valence-corrected chi connectivity index (χ3v) is 3.27. The van der Waals surface area contributed by atoms with Gasteiger partial charge in [0.05, 0.1) is 39.4 Å². The molecule has 0 saturated carbocycles. The van der Waals surface area contributed by atoms with Crippen molar-refractivity contribution >= 4 is 0 Å². The molecular formula is C14H17NO4. The van der Waals surface area contributed by atoms with Gasteiger partial charge in [0.15, 0.2) is 11.5 Å². The number of rotatable bonds is 4. The highest BCUT2D eigenvalue weighted by molar-refractivity contribution is 5.54. The fourth-order valence-corrected chi connectivity index (χ4v) is 2.32. The minimum atomic E-state index is -0.237. The largest absolute Gasteiger partial charge is 0.493 e. The van der Waals surface area contributed by atoms with E-state index in [-0.39, 0.29) is 12.0 Å². The summed E-state index contributed by atoms with van der Waals surface area (Å²) in [6, 6.07) is 5.95. The number of nitrogens with zero attached hydrogens (tertiary/aromatic N) is 1. The fraction of sp³-hybridized carbons (Fsp3) is 0.500. The molecule has 2 rings (SSSR count). The van der Waals surface area contributed by atoms with Gasteiger partial charge < -0.3 is 18.9 Å². The van der Waals surface area contributed by atoms with Gasteiger partial charge in [-0.1, -0.05) is 0 Å². The van der Waals surface area contributed by atoms with Crippen LogP contribution in [0.4, 0.5) is 0 Å². The summed E-state index contributed by atoms with van der Waals surface area (Å²) in [5.41, 5.74) is 0.874. The van der Waals surface area contributed by atoms with Crippen molar-refractivity contribution in [2.75, 3.05) is 27.9 Å². The molecule has 0 radical (unpaired) electrons. The van der Waals surface area contributed by atoms with Gasteiger partial charge in [-0.15, -0.1) is 0 Å². The van der Waals surface area contributed by atoms with E-state index in [1.54, 1.807) is 21.3 Å². The van der Waals surface area contributed by atoms with Crippen molar-refractivity contribution in [2.24, 2.45) is 5.92 Å². The van der Waals surface area contributed by atoms with Gasteiger partial charge in [0.25, 0.3) is 0 Å². The third kappa shape index (κ3) is 2.45. The van der Waals surface area contributed by atoms with E-state index in [1.807, 2.05) is 12.1 Å². The fourth-order valence-electron chi connectivity index (χ4n) is 2.32. The second-order valence-electron chi connectivity index (χ2n) is 4.27. The van der Waals surface area contributed by atoms with Crippen molar-refractivity contribution in [1.82, 2.24) is 0 Å². The van der Waals surface area contributed by atoms with Crippen molar-refractivity contribution < 1.29 is 18.9 Å². The van der Waals surface area contributed by atoms with Crippen LogP contribution < -0.4 is 14.2 Å². The molecule has 0 spiro atoms. The van der Waals surface area contributed by atoms with Gasteiger partial charge in [0, 0.05) is 6.61 Å².